The number of ether oxygens (including phenoxy) is 1. The first-order valence-electron chi connectivity index (χ1n) is 11.4. The number of aliphatic carboxylic acids is 1. The first-order chi connectivity index (χ1) is 15.5. The molecule has 0 aromatic heterocycles. The summed E-state index contributed by atoms with van der Waals surface area (Å²) in [5.74, 6) is 0.470. The number of hydrogen-bond acceptors (Lipinski definition) is 6. The first-order valence-corrected chi connectivity index (χ1v) is 11.4. The first kappa shape index (κ1) is 22.1. The number of guanidine groups is 1. The van der Waals surface area contributed by atoms with Crippen LogP contribution in [0.3, 0.4) is 0 Å². The zero-order valence-corrected chi connectivity index (χ0v) is 18.2. The number of fused-ring (bicyclic) bond motifs is 2. The lowest BCUT2D eigenvalue weighted by Crippen LogP contribution is -2.39. The molecule has 0 spiro atoms. The summed E-state index contributed by atoms with van der Waals surface area (Å²) in [4.78, 5) is 43.3. The summed E-state index contributed by atoms with van der Waals surface area (Å²) in [6.45, 7) is 1.60. The third-order valence-corrected chi connectivity index (χ3v) is 6.22. The van der Waals surface area contributed by atoms with Crippen LogP contribution in [0.5, 0.6) is 5.75 Å². The van der Waals surface area contributed by atoms with E-state index in [1.807, 2.05) is 23.1 Å². The third kappa shape index (κ3) is 5.57. The predicted octanol–water partition coefficient (Wildman–Crippen LogP) is 2.27. The molecule has 2 aliphatic heterocycles. The van der Waals surface area contributed by atoms with Crippen molar-refractivity contribution in [3.63, 3.8) is 0 Å². The maximum absolute atomic E-state index is 12.6. The highest BCUT2D eigenvalue weighted by molar-refractivity contribution is 6.05. The quantitative estimate of drug-likeness (QED) is 0.568. The lowest BCUT2D eigenvalue weighted by Gasteiger charge is -2.29. The summed E-state index contributed by atoms with van der Waals surface area (Å²) < 4.78 is 5.81. The summed E-state index contributed by atoms with van der Waals surface area (Å²) in [6.07, 6.45) is 6.44. The molecule has 172 valence electrons. The Morgan fingerprint density at radius 2 is 2.03 bits per heavy atom. The number of carbonyl (C=O) groups excluding carboxylic acids is 2. The molecular weight excluding hydrogens is 412 g/mol. The van der Waals surface area contributed by atoms with Gasteiger partial charge in [-0.2, -0.15) is 0 Å². The largest absolute Gasteiger partial charge is 0.494 e. The van der Waals surface area contributed by atoms with Gasteiger partial charge in [0.05, 0.1) is 12.3 Å². The van der Waals surface area contributed by atoms with E-state index in [4.69, 9.17) is 4.74 Å². The molecule has 0 unspecified atom stereocenters. The topological polar surface area (TPSA) is 112 Å². The van der Waals surface area contributed by atoms with Crippen LogP contribution in [0.15, 0.2) is 23.2 Å². The van der Waals surface area contributed by atoms with Gasteiger partial charge in [-0.1, -0.05) is 25.3 Å². The van der Waals surface area contributed by atoms with Gasteiger partial charge in [0.1, 0.15) is 18.8 Å². The second-order valence-electron chi connectivity index (χ2n) is 8.75. The number of carbonyl (C=O) groups is 3. The van der Waals surface area contributed by atoms with Gasteiger partial charge in [0.15, 0.2) is 0 Å². The summed E-state index contributed by atoms with van der Waals surface area (Å²) in [5.41, 5.74) is 1.80. The Balaban J connectivity index is 1.26. The van der Waals surface area contributed by atoms with Crippen LogP contribution < -0.4 is 10.1 Å². The summed E-state index contributed by atoms with van der Waals surface area (Å²) >= 11 is 0. The normalized spacial score (nSPS) is 17.8. The predicted molar refractivity (Wildman–Crippen MR) is 118 cm³/mol. The summed E-state index contributed by atoms with van der Waals surface area (Å²) in [7, 11) is 0. The summed E-state index contributed by atoms with van der Waals surface area (Å²) in [6, 6.07) is 5.65. The van der Waals surface area contributed by atoms with Gasteiger partial charge in [0.25, 0.3) is 0 Å². The van der Waals surface area contributed by atoms with Crippen LogP contribution >= 0.6 is 0 Å². The number of hydrogen-bond donors (Lipinski definition) is 2. The number of rotatable bonds is 9. The number of nitrogens with zero attached hydrogens (tertiary/aromatic N) is 3. The average Bonchev–Trinajstić information content (AvgIpc) is 3.13. The molecule has 0 atom stereocenters. The van der Waals surface area contributed by atoms with Crippen molar-refractivity contribution in [3.8, 4) is 5.75 Å². The van der Waals surface area contributed by atoms with Crippen molar-refractivity contribution in [2.24, 2.45) is 10.9 Å². The van der Waals surface area contributed by atoms with Gasteiger partial charge in [0.2, 0.25) is 17.8 Å². The highest BCUT2D eigenvalue weighted by Crippen LogP contribution is 2.31. The SMILES string of the molecule is O=C(O)CN(CC1CCCCC1)C(=O)CCCOc1ccc2c(c1)N=C1NC(=O)CN1C2. The van der Waals surface area contributed by atoms with E-state index in [0.29, 0.717) is 50.3 Å². The smallest absolute Gasteiger partial charge is 0.323 e. The highest BCUT2D eigenvalue weighted by Gasteiger charge is 2.29. The second-order valence-corrected chi connectivity index (χ2v) is 8.75. The molecule has 1 saturated carbocycles. The lowest BCUT2D eigenvalue weighted by atomic mass is 9.89. The van der Waals surface area contributed by atoms with Gasteiger partial charge in [-0.05, 0) is 36.8 Å². The fourth-order valence-electron chi connectivity index (χ4n) is 4.58. The van der Waals surface area contributed by atoms with Crippen molar-refractivity contribution in [2.45, 2.75) is 51.5 Å². The van der Waals surface area contributed by atoms with E-state index in [9.17, 15) is 19.5 Å². The van der Waals surface area contributed by atoms with Crippen LogP contribution in [-0.4, -0.2) is 64.9 Å². The Morgan fingerprint density at radius 3 is 2.81 bits per heavy atom. The van der Waals surface area contributed by atoms with Crippen molar-refractivity contribution in [1.29, 1.82) is 0 Å². The van der Waals surface area contributed by atoms with Gasteiger partial charge in [0, 0.05) is 25.6 Å². The van der Waals surface area contributed by atoms with Gasteiger partial charge < -0.3 is 19.6 Å². The van der Waals surface area contributed by atoms with Crippen LogP contribution in [0.1, 0.15) is 50.5 Å². The minimum atomic E-state index is -0.974. The standard InChI is InChI=1S/C23H30N4O5/c28-20-14-27-13-17-8-9-18(11-19(17)24-23(27)25-20)32-10-4-7-21(29)26(15-22(30)31)12-16-5-2-1-3-6-16/h8-9,11,16H,1-7,10,12-15H2,(H,30,31)(H,24,25,28). The van der Waals surface area contributed by atoms with E-state index in [2.05, 4.69) is 10.3 Å². The Kier molecular flexibility index (Phi) is 6.92. The monoisotopic (exact) mass is 442 g/mol. The minimum Gasteiger partial charge on any atom is -0.494 e. The molecule has 1 saturated heterocycles. The molecule has 1 aromatic rings. The number of nitrogens with one attached hydrogen (secondary N) is 1. The van der Waals surface area contributed by atoms with Crippen molar-refractivity contribution in [2.75, 3.05) is 26.2 Å². The van der Waals surface area contributed by atoms with Crippen LogP contribution in [0.4, 0.5) is 5.69 Å². The minimum absolute atomic E-state index is 0.0573. The van der Waals surface area contributed by atoms with E-state index in [-0.39, 0.29) is 24.8 Å². The molecule has 0 bridgehead atoms. The van der Waals surface area contributed by atoms with Gasteiger partial charge in [-0.15, -0.1) is 0 Å². The number of amides is 2. The second kappa shape index (κ2) is 10.0. The Labute approximate surface area is 187 Å². The third-order valence-electron chi connectivity index (χ3n) is 6.22. The Bertz CT molecular complexity index is 910. The molecule has 1 aromatic carbocycles. The molecule has 2 fully saturated rings. The molecule has 3 aliphatic rings. The maximum atomic E-state index is 12.6. The molecule has 2 heterocycles. The molecule has 32 heavy (non-hydrogen) atoms. The van der Waals surface area contributed by atoms with E-state index >= 15 is 0 Å². The van der Waals surface area contributed by atoms with Crippen molar-refractivity contribution in [3.05, 3.63) is 23.8 Å². The number of carboxylic acid groups (broad SMARTS) is 1. The lowest BCUT2D eigenvalue weighted by molar-refractivity contribution is -0.145. The zero-order chi connectivity index (χ0) is 22.5. The fourth-order valence-corrected chi connectivity index (χ4v) is 4.58. The molecule has 2 amide bonds. The molecule has 4 rings (SSSR count). The maximum Gasteiger partial charge on any atom is 0.323 e. The van der Waals surface area contributed by atoms with Gasteiger partial charge in [-0.3, -0.25) is 19.7 Å². The molecular formula is C23H30N4O5. The molecule has 1 aliphatic carbocycles. The van der Waals surface area contributed by atoms with E-state index in [1.165, 1.54) is 11.3 Å². The van der Waals surface area contributed by atoms with Gasteiger partial charge in [-0.25, -0.2) is 4.99 Å². The van der Waals surface area contributed by atoms with Crippen LogP contribution in [0.2, 0.25) is 0 Å². The van der Waals surface area contributed by atoms with Gasteiger partial charge >= 0.3 is 5.97 Å². The Morgan fingerprint density at radius 1 is 1.22 bits per heavy atom. The number of benzene rings is 1. The van der Waals surface area contributed by atoms with Crippen LogP contribution in [0, 0.1) is 5.92 Å². The van der Waals surface area contributed by atoms with E-state index in [1.54, 1.807) is 0 Å². The van der Waals surface area contributed by atoms with Crippen molar-refractivity contribution in [1.82, 2.24) is 15.1 Å². The summed E-state index contributed by atoms with van der Waals surface area (Å²) in [5, 5.41) is 11.9. The van der Waals surface area contributed by atoms with Crippen molar-refractivity contribution < 1.29 is 24.2 Å². The molecule has 0 radical (unpaired) electrons. The van der Waals surface area contributed by atoms with E-state index < -0.39 is 5.97 Å². The van der Waals surface area contributed by atoms with Crippen molar-refractivity contribution >= 4 is 29.4 Å². The molecule has 9 heteroatoms. The van der Waals surface area contributed by atoms with E-state index in [0.717, 1.165) is 36.9 Å². The Hall–Kier alpha value is -3.10. The highest BCUT2D eigenvalue weighted by atomic mass is 16.5. The molecule has 2 N–H and O–H groups in total. The number of aliphatic imine (C=N–C) groups is 1. The zero-order valence-electron chi connectivity index (χ0n) is 18.2. The fraction of sp³-hybridized carbons (Fsp3) is 0.565. The average molecular weight is 443 g/mol. The number of carboxylic acids is 1. The van der Waals surface area contributed by atoms with Crippen LogP contribution in [-0.2, 0) is 20.9 Å². The van der Waals surface area contributed by atoms with Crippen LogP contribution in [0.25, 0.3) is 0 Å². The molecule has 9 nitrogen and oxygen atoms in total.